The number of rotatable bonds is 9. The number of anilines is 2. The fraction of sp³-hybridized carbons (Fsp3) is 0.200. The number of amides is 1. The number of hydrogen-bond acceptors (Lipinski definition) is 7. The Bertz CT molecular complexity index is 1530. The predicted molar refractivity (Wildman–Crippen MR) is 152 cm³/mol. The van der Waals surface area contributed by atoms with Crippen LogP contribution in [0.2, 0.25) is 5.02 Å². The third-order valence-corrected chi connectivity index (χ3v) is 8.36. The highest BCUT2D eigenvalue weighted by Crippen LogP contribution is 2.39. The quantitative estimate of drug-likeness (QED) is 0.272. The van der Waals surface area contributed by atoms with Crippen molar-refractivity contribution in [1.29, 1.82) is 0 Å². The lowest BCUT2D eigenvalue weighted by atomic mass is 10.2. The number of halogens is 3. The number of thiazole rings is 1. The molecule has 0 atom stereocenters. The molecule has 0 aliphatic rings. The second kappa shape index (κ2) is 12.3. The van der Waals surface area contributed by atoms with E-state index in [2.05, 4.69) is 9.71 Å². The number of aromatic nitrogens is 1. The summed E-state index contributed by atoms with van der Waals surface area (Å²) in [7, 11) is 1.44. The Labute approximate surface area is 235 Å². The molecular weight excluding hydrogens is 574 g/mol. The first kappa shape index (κ1) is 29.6. The molecule has 0 bridgehead atoms. The van der Waals surface area contributed by atoms with E-state index >= 15 is 0 Å². The van der Waals surface area contributed by atoms with Crippen molar-refractivity contribution in [3.63, 3.8) is 0 Å². The molecule has 13 heteroatoms. The van der Waals surface area contributed by atoms with Crippen LogP contribution < -0.4 is 14.4 Å². The van der Waals surface area contributed by atoms with Gasteiger partial charge in [-0.15, -0.1) is 12.4 Å². The molecule has 0 saturated carbocycles. The Morgan fingerprint density at radius 3 is 2.32 bits per heavy atom. The highest BCUT2D eigenvalue weighted by molar-refractivity contribution is 7.92. The molecule has 0 saturated heterocycles. The van der Waals surface area contributed by atoms with Crippen molar-refractivity contribution >= 4 is 72.3 Å². The lowest BCUT2D eigenvalue weighted by Crippen LogP contribution is -2.36. The van der Waals surface area contributed by atoms with Crippen LogP contribution in [-0.2, 0) is 10.0 Å². The summed E-state index contributed by atoms with van der Waals surface area (Å²) < 4.78 is 46.9. The van der Waals surface area contributed by atoms with Crippen molar-refractivity contribution in [3.8, 4) is 5.75 Å². The van der Waals surface area contributed by atoms with E-state index in [1.54, 1.807) is 24.1 Å². The number of ether oxygens (including phenoxy) is 1. The van der Waals surface area contributed by atoms with Crippen molar-refractivity contribution in [2.75, 3.05) is 43.9 Å². The zero-order valence-electron chi connectivity index (χ0n) is 20.6. The first-order valence-electron chi connectivity index (χ1n) is 11.1. The van der Waals surface area contributed by atoms with Crippen LogP contribution in [0.3, 0.4) is 0 Å². The predicted octanol–water partition coefficient (Wildman–Crippen LogP) is 5.53. The second-order valence-corrected chi connectivity index (χ2v) is 11.4. The molecule has 38 heavy (non-hydrogen) atoms. The number of fused-ring (bicyclic) bond motifs is 1. The second-order valence-electron chi connectivity index (χ2n) is 8.32. The minimum absolute atomic E-state index is 0. The number of carbonyl (C=O) groups excluding carboxylic acids is 1. The van der Waals surface area contributed by atoms with Gasteiger partial charge in [-0.2, -0.15) is 0 Å². The van der Waals surface area contributed by atoms with E-state index in [4.69, 9.17) is 16.3 Å². The Hall–Kier alpha value is -2.96. The van der Waals surface area contributed by atoms with Crippen molar-refractivity contribution in [2.45, 2.75) is 4.90 Å². The largest absolute Gasteiger partial charge is 0.494 e. The molecule has 8 nitrogen and oxygen atoms in total. The molecule has 3 aromatic carbocycles. The summed E-state index contributed by atoms with van der Waals surface area (Å²) in [5.74, 6) is -0.280. The number of carbonyl (C=O) groups is 1. The Balaban J connectivity index is 0.00000400. The summed E-state index contributed by atoms with van der Waals surface area (Å²) in [5, 5.41) is 0.978. The summed E-state index contributed by atoms with van der Waals surface area (Å²) in [4.78, 5) is 21.7. The van der Waals surface area contributed by atoms with Gasteiger partial charge in [-0.3, -0.25) is 14.4 Å². The molecular formula is C25H25Cl2FN4O4S2. The highest BCUT2D eigenvalue weighted by Gasteiger charge is 2.24. The maximum absolute atomic E-state index is 13.6. The topological polar surface area (TPSA) is 91.8 Å². The normalized spacial score (nSPS) is 11.3. The van der Waals surface area contributed by atoms with E-state index < -0.39 is 15.8 Å². The number of likely N-dealkylation sites (N-methyl/N-ethyl adjacent to an activating group) is 1. The van der Waals surface area contributed by atoms with Gasteiger partial charge >= 0.3 is 0 Å². The first-order chi connectivity index (χ1) is 17.6. The van der Waals surface area contributed by atoms with Crippen LogP contribution in [0.4, 0.5) is 15.2 Å². The third kappa shape index (κ3) is 6.54. The standard InChI is InChI=1S/C25H24ClFN4O4S2.ClH/c1-30(2)14-15-31(25-28-22-21(35-3)13-12-20(26)23(22)36-25)24(32)16-4-8-18(9-5-16)29-37(33,34)19-10-6-17(27)7-11-19;/h4-13,29H,14-15H2,1-3H3;1H. The van der Waals surface area contributed by atoms with Crippen LogP contribution in [0.15, 0.2) is 65.6 Å². The highest BCUT2D eigenvalue weighted by atomic mass is 35.5. The minimum Gasteiger partial charge on any atom is -0.494 e. The maximum atomic E-state index is 13.6. The SMILES string of the molecule is COc1ccc(Cl)c2sc(N(CCN(C)C)C(=O)c3ccc(NS(=O)(=O)c4ccc(F)cc4)cc3)nc12.Cl. The summed E-state index contributed by atoms with van der Waals surface area (Å²) in [6.07, 6.45) is 0. The molecule has 4 aromatic rings. The molecule has 0 aliphatic heterocycles. The lowest BCUT2D eigenvalue weighted by Gasteiger charge is -2.22. The molecule has 1 heterocycles. The molecule has 0 unspecified atom stereocenters. The van der Waals surface area contributed by atoms with Gasteiger partial charge in [-0.05, 0) is 74.8 Å². The van der Waals surface area contributed by atoms with E-state index in [1.807, 2.05) is 19.0 Å². The number of benzene rings is 3. The first-order valence-corrected chi connectivity index (χ1v) is 13.7. The molecule has 0 radical (unpaired) electrons. The van der Waals surface area contributed by atoms with Crippen LogP contribution in [-0.4, -0.2) is 58.5 Å². The van der Waals surface area contributed by atoms with E-state index in [9.17, 15) is 17.6 Å². The summed E-state index contributed by atoms with van der Waals surface area (Å²) in [5.41, 5.74) is 1.18. The van der Waals surface area contributed by atoms with E-state index in [0.29, 0.717) is 44.8 Å². The Kier molecular flexibility index (Phi) is 9.55. The van der Waals surface area contributed by atoms with Crippen molar-refractivity contribution in [3.05, 3.63) is 77.1 Å². The fourth-order valence-electron chi connectivity index (χ4n) is 3.47. The molecule has 4 rings (SSSR count). The Morgan fingerprint density at radius 1 is 1.05 bits per heavy atom. The van der Waals surface area contributed by atoms with Gasteiger partial charge < -0.3 is 9.64 Å². The van der Waals surface area contributed by atoms with Gasteiger partial charge in [0.1, 0.15) is 17.1 Å². The van der Waals surface area contributed by atoms with Crippen LogP contribution in [0.25, 0.3) is 10.2 Å². The van der Waals surface area contributed by atoms with Crippen molar-refractivity contribution in [1.82, 2.24) is 9.88 Å². The average Bonchev–Trinajstić information content (AvgIpc) is 3.31. The number of hydrogen-bond donors (Lipinski definition) is 1. The summed E-state index contributed by atoms with van der Waals surface area (Å²) in [6, 6.07) is 14.0. The fourth-order valence-corrected chi connectivity index (χ4v) is 5.81. The molecule has 0 aliphatic carbocycles. The van der Waals surface area contributed by atoms with Crippen LogP contribution in [0.1, 0.15) is 10.4 Å². The lowest BCUT2D eigenvalue weighted by molar-refractivity contribution is 0.0985. The van der Waals surface area contributed by atoms with E-state index in [-0.39, 0.29) is 28.9 Å². The number of nitrogens with zero attached hydrogens (tertiary/aromatic N) is 3. The molecule has 1 N–H and O–H groups in total. The smallest absolute Gasteiger partial charge is 0.261 e. The number of methoxy groups -OCH3 is 1. The van der Waals surface area contributed by atoms with Crippen LogP contribution in [0, 0.1) is 5.82 Å². The molecule has 202 valence electrons. The van der Waals surface area contributed by atoms with Gasteiger partial charge in [0, 0.05) is 24.3 Å². The monoisotopic (exact) mass is 598 g/mol. The summed E-state index contributed by atoms with van der Waals surface area (Å²) >= 11 is 7.67. The van der Waals surface area contributed by atoms with Crippen molar-refractivity contribution < 1.29 is 22.3 Å². The van der Waals surface area contributed by atoms with E-state index in [0.717, 1.165) is 12.1 Å². The van der Waals surface area contributed by atoms with Gasteiger partial charge in [0.2, 0.25) is 0 Å². The molecule has 0 fully saturated rings. The molecule has 1 amide bonds. The minimum atomic E-state index is -3.92. The van der Waals surface area contributed by atoms with Crippen LogP contribution in [0.5, 0.6) is 5.75 Å². The zero-order chi connectivity index (χ0) is 26.7. The van der Waals surface area contributed by atoms with Gasteiger partial charge in [-0.1, -0.05) is 22.9 Å². The number of sulfonamides is 1. The Morgan fingerprint density at radius 2 is 1.71 bits per heavy atom. The van der Waals surface area contributed by atoms with Gasteiger partial charge in [0.15, 0.2) is 5.13 Å². The van der Waals surface area contributed by atoms with Crippen molar-refractivity contribution in [2.24, 2.45) is 0 Å². The van der Waals surface area contributed by atoms with Gasteiger partial charge in [0.25, 0.3) is 15.9 Å². The average molecular weight is 600 g/mol. The third-order valence-electron chi connectivity index (χ3n) is 5.42. The molecule has 1 aromatic heterocycles. The van der Waals surface area contributed by atoms with Gasteiger partial charge in [0.05, 0.1) is 21.7 Å². The van der Waals surface area contributed by atoms with E-state index in [1.165, 1.54) is 47.7 Å². The maximum Gasteiger partial charge on any atom is 0.261 e. The van der Waals surface area contributed by atoms with Gasteiger partial charge in [-0.25, -0.2) is 17.8 Å². The summed E-state index contributed by atoms with van der Waals surface area (Å²) in [6.45, 7) is 0.951. The van der Waals surface area contributed by atoms with Crippen LogP contribution >= 0.6 is 35.3 Å². The molecule has 0 spiro atoms. The number of nitrogens with one attached hydrogen (secondary N) is 1. The zero-order valence-corrected chi connectivity index (χ0v) is 23.8.